The van der Waals surface area contributed by atoms with Crippen LogP contribution in [0, 0.1) is 12.8 Å². The molecule has 9 heteroatoms. The van der Waals surface area contributed by atoms with E-state index in [1.54, 1.807) is 13.8 Å². The quantitative estimate of drug-likeness (QED) is 0.754. The van der Waals surface area contributed by atoms with Crippen molar-refractivity contribution in [3.63, 3.8) is 0 Å². The van der Waals surface area contributed by atoms with Crippen molar-refractivity contribution in [3.05, 3.63) is 41.2 Å². The summed E-state index contributed by atoms with van der Waals surface area (Å²) in [6.07, 6.45) is -4.50. The molecular weight excluding hydrogens is 351 g/mol. The van der Waals surface area contributed by atoms with Gasteiger partial charge in [-0.05, 0) is 25.0 Å². The number of carbonyl (C=O) groups excluding carboxylic acids is 1. The van der Waals surface area contributed by atoms with Gasteiger partial charge in [0.05, 0.1) is 5.56 Å². The topological polar surface area (TPSA) is 95.1 Å². The maximum atomic E-state index is 12.8. The van der Waals surface area contributed by atoms with Gasteiger partial charge in [0.2, 0.25) is 0 Å². The number of nitrogens with one attached hydrogen (secondary N) is 2. The Morgan fingerprint density at radius 2 is 1.92 bits per heavy atom. The lowest BCUT2D eigenvalue weighted by atomic mass is 10.0. The van der Waals surface area contributed by atoms with Crippen LogP contribution in [0.5, 0.6) is 0 Å². The minimum Gasteiger partial charge on any atom is -0.480 e. The fourth-order valence-corrected chi connectivity index (χ4v) is 2.38. The zero-order chi connectivity index (χ0) is 19.6. The summed E-state index contributed by atoms with van der Waals surface area (Å²) in [5, 5.41) is 11.5. The van der Waals surface area contributed by atoms with E-state index >= 15 is 0 Å². The number of aromatic nitrogens is 2. The van der Waals surface area contributed by atoms with E-state index < -0.39 is 29.7 Å². The molecule has 6 nitrogen and oxygen atoms in total. The smallest absolute Gasteiger partial charge is 0.416 e. The molecule has 3 N–H and O–H groups in total. The number of halogens is 3. The first-order valence-electron chi connectivity index (χ1n) is 7.78. The summed E-state index contributed by atoms with van der Waals surface area (Å²) in [7, 11) is 0. The predicted molar refractivity (Wildman–Crippen MR) is 87.5 cm³/mol. The molecule has 0 aliphatic rings. The Hall–Kier alpha value is -2.84. The number of carboxylic acid groups (broad SMARTS) is 1. The van der Waals surface area contributed by atoms with Crippen molar-refractivity contribution in [3.8, 4) is 11.4 Å². The van der Waals surface area contributed by atoms with E-state index in [2.05, 4.69) is 15.3 Å². The Kier molecular flexibility index (Phi) is 5.38. The first-order chi connectivity index (χ1) is 12.0. The zero-order valence-corrected chi connectivity index (χ0v) is 14.3. The summed E-state index contributed by atoms with van der Waals surface area (Å²) in [5.74, 6) is -2.15. The monoisotopic (exact) mass is 369 g/mol. The molecule has 0 spiro atoms. The maximum Gasteiger partial charge on any atom is 0.416 e. The van der Waals surface area contributed by atoms with Crippen LogP contribution in [0.4, 0.5) is 13.2 Å². The molecule has 0 unspecified atom stereocenters. The fraction of sp³-hybridized carbons (Fsp3) is 0.353. The number of alkyl halides is 3. The first kappa shape index (κ1) is 19.5. The van der Waals surface area contributed by atoms with Gasteiger partial charge >= 0.3 is 12.1 Å². The fourth-order valence-electron chi connectivity index (χ4n) is 2.38. The number of imidazole rings is 1. The SMILES string of the molecule is Cc1[nH]c(-c2cccc(C(F)(F)F)c2)nc1C(=O)N[C@@H](C(=O)O)C(C)C. The zero-order valence-electron chi connectivity index (χ0n) is 14.3. The Labute approximate surface area is 147 Å². The molecule has 0 bridgehead atoms. The van der Waals surface area contributed by atoms with Gasteiger partial charge in [-0.15, -0.1) is 0 Å². The molecule has 0 radical (unpaired) electrons. The highest BCUT2D eigenvalue weighted by atomic mass is 19.4. The molecule has 1 amide bonds. The number of nitrogens with zero attached hydrogens (tertiary/aromatic N) is 1. The third kappa shape index (κ3) is 4.22. The second-order valence-electron chi connectivity index (χ2n) is 6.17. The summed E-state index contributed by atoms with van der Waals surface area (Å²) in [4.78, 5) is 30.3. The number of H-pyrrole nitrogens is 1. The van der Waals surface area contributed by atoms with Gasteiger partial charge in [-0.3, -0.25) is 4.79 Å². The van der Waals surface area contributed by atoms with Crippen molar-refractivity contribution in [1.29, 1.82) is 0 Å². The number of amides is 1. The minimum atomic E-state index is -4.50. The van der Waals surface area contributed by atoms with Crippen molar-refractivity contribution in [1.82, 2.24) is 15.3 Å². The largest absolute Gasteiger partial charge is 0.480 e. The molecule has 0 saturated carbocycles. The molecule has 1 aromatic carbocycles. The van der Waals surface area contributed by atoms with Crippen LogP contribution in [0.2, 0.25) is 0 Å². The number of carbonyl (C=O) groups is 2. The van der Waals surface area contributed by atoms with E-state index in [0.29, 0.717) is 5.69 Å². The van der Waals surface area contributed by atoms with Crippen LogP contribution in [-0.2, 0) is 11.0 Å². The van der Waals surface area contributed by atoms with Crippen LogP contribution in [0.15, 0.2) is 24.3 Å². The molecule has 0 aliphatic carbocycles. The molecule has 26 heavy (non-hydrogen) atoms. The van der Waals surface area contributed by atoms with Gasteiger partial charge in [0.25, 0.3) is 5.91 Å². The summed E-state index contributed by atoms with van der Waals surface area (Å²) < 4.78 is 38.5. The van der Waals surface area contributed by atoms with Crippen molar-refractivity contribution in [2.45, 2.75) is 33.0 Å². The van der Waals surface area contributed by atoms with Gasteiger partial charge in [0, 0.05) is 11.3 Å². The lowest BCUT2D eigenvalue weighted by molar-refractivity contribution is -0.140. The summed E-state index contributed by atoms with van der Waals surface area (Å²) in [6, 6.07) is 3.44. The number of aliphatic carboxylic acids is 1. The first-order valence-corrected chi connectivity index (χ1v) is 7.78. The van der Waals surface area contributed by atoms with Gasteiger partial charge < -0.3 is 15.4 Å². The third-order valence-electron chi connectivity index (χ3n) is 3.78. The van der Waals surface area contributed by atoms with E-state index in [4.69, 9.17) is 5.11 Å². The van der Waals surface area contributed by atoms with Gasteiger partial charge in [0.15, 0.2) is 0 Å². The molecular formula is C17H18F3N3O3. The van der Waals surface area contributed by atoms with E-state index in [1.807, 2.05) is 0 Å². The van der Waals surface area contributed by atoms with Crippen LogP contribution < -0.4 is 5.32 Å². The number of benzene rings is 1. The Bertz CT molecular complexity index is 828. The number of aromatic amines is 1. The van der Waals surface area contributed by atoms with Gasteiger partial charge in [0.1, 0.15) is 17.6 Å². The van der Waals surface area contributed by atoms with Crippen LogP contribution in [0.1, 0.15) is 35.6 Å². The van der Waals surface area contributed by atoms with Crippen LogP contribution in [0.3, 0.4) is 0 Å². The second kappa shape index (κ2) is 7.19. The van der Waals surface area contributed by atoms with Crippen LogP contribution >= 0.6 is 0 Å². The second-order valence-corrected chi connectivity index (χ2v) is 6.17. The Balaban J connectivity index is 2.32. The number of carboxylic acids is 1. The standard InChI is InChI=1S/C17H18F3N3O3/c1-8(2)12(16(25)26)23-15(24)13-9(3)21-14(22-13)10-5-4-6-11(7-10)17(18,19)20/h4-8,12H,1-3H3,(H,21,22)(H,23,24)(H,25,26)/t12-/m1/s1. The molecule has 1 heterocycles. The van der Waals surface area contributed by atoms with Gasteiger partial charge in [-0.2, -0.15) is 13.2 Å². The number of hydrogen-bond acceptors (Lipinski definition) is 3. The van der Waals surface area contributed by atoms with Crippen molar-refractivity contribution in [2.24, 2.45) is 5.92 Å². The maximum absolute atomic E-state index is 12.8. The number of hydrogen-bond donors (Lipinski definition) is 3. The molecule has 2 aromatic rings. The Morgan fingerprint density at radius 3 is 2.46 bits per heavy atom. The van der Waals surface area contributed by atoms with Gasteiger partial charge in [-0.25, -0.2) is 9.78 Å². The molecule has 2 rings (SSSR count). The van der Waals surface area contributed by atoms with E-state index in [-0.39, 0.29) is 23.0 Å². The molecule has 0 saturated heterocycles. The highest BCUT2D eigenvalue weighted by Gasteiger charge is 2.31. The number of rotatable bonds is 5. The predicted octanol–water partition coefficient (Wildman–Crippen LogP) is 3.24. The lowest BCUT2D eigenvalue weighted by Gasteiger charge is -2.17. The normalized spacial score (nSPS) is 12.9. The minimum absolute atomic E-state index is 0.0655. The van der Waals surface area contributed by atoms with E-state index in [0.717, 1.165) is 12.1 Å². The van der Waals surface area contributed by atoms with Crippen LogP contribution in [-0.4, -0.2) is 33.0 Å². The Morgan fingerprint density at radius 1 is 1.27 bits per heavy atom. The molecule has 140 valence electrons. The molecule has 0 aliphatic heterocycles. The average Bonchev–Trinajstić information content (AvgIpc) is 2.93. The highest BCUT2D eigenvalue weighted by Crippen LogP contribution is 2.31. The van der Waals surface area contributed by atoms with Gasteiger partial charge in [-0.1, -0.05) is 26.0 Å². The molecule has 1 aromatic heterocycles. The summed E-state index contributed by atoms with van der Waals surface area (Å²) >= 11 is 0. The average molecular weight is 369 g/mol. The van der Waals surface area contributed by atoms with Crippen molar-refractivity contribution < 1.29 is 27.9 Å². The molecule has 1 atom stereocenters. The lowest BCUT2D eigenvalue weighted by Crippen LogP contribution is -2.44. The van der Waals surface area contributed by atoms with E-state index in [1.165, 1.54) is 19.1 Å². The molecule has 0 fully saturated rings. The third-order valence-corrected chi connectivity index (χ3v) is 3.78. The summed E-state index contributed by atoms with van der Waals surface area (Å²) in [5.41, 5.74) is -0.409. The van der Waals surface area contributed by atoms with Crippen molar-refractivity contribution in [2.75, 3.05) is 0 Å². The van der Waals surface area contributed by atoms with E-state index in [9.17, 15) is 22.8 Å². The van der Waals surface area contributed by atoms with Crippen LogP contribution in [0.25, 0.3) is 11.4 Å². The van der Waals surface area contributed by atoms with Crippen molar-refractivity contribution >= 4 is 11.9 Å². The number of aryl methyl sites for hydroxylation is 1. The highest BCUT2D eigenvalue weighted by molar-refractivity contribution is 5.96. The summed E-state index contributed by atoms with van der Waals surface area (Å²) in [6.45, 7) is 4.82.